The Morgan fingerprint density at radius 2 is 1.52 bits per heavy atom. The molecule has 3 rings (SSSR count). The topological polar surface area (TPSA) is 43.0 Å². The molecule has 0 saturated carbocycles. The second kappa shape index (κ2) is 9.62. The summed E-state index contributed by atoms with van der Waals surface area (Å²) in [6.07, 6.45) is 0. The van der Waals surface area contributed by atoms with Gasteiger partial charge in [-0.2, -0.15) is 0 Å². The van der Waals surface area contributed by atoms with Crippen LogP contribution in [0.2, 0.25) is 0 Å². The molecule has 0 bridgehead atoms. The van der Waals surface area contributed by atoms with E-state index in [2.05, 4.69) is 34.5 Å². The van der Waals surface area contributed by atoms with E-state index in [9.17, 15) is 0 Å². The number of nitrogens with one attached hydrogen (secondary N) is 1. The summed E-state index contributed by atoms with van der Waals surface area (Å²) < 4.78 is 16.9. The van der Waals surface area contributed by atoms with Crippen LogP contribution in [0.15, 0.2) is 42.5 Å². The third-order valence-corrected chi connectivity index (χ3v) is 4.83. The number of piperazine rings is 1. The molecule has 0 spiro atoms. The highest BCUT2D eigenvalue weighted by atomic mass is 16.5. The Balaban J connectivity index is 1.99. The van der Waals surface area contributed by atoms with Gasteiger partial charge < -0.3 is 19.5 Å². The second-order valence-corrected chi connectivity index (χ2v) is 6.53. The molecule has 0 radical (unpaired) electrons. The molecule has 1 aliphatic rings. The molecule has 2 aromatic carbocycles. The fourth-order valence-electron chi connectivity index (χ4n) is 3.58. The van der Waals surface area contributed by atoms with Gasteiger partial charge in [-0.15, -0.1) is 0 Å². The van der Waals surface area contributed by atoms with E-state index in [4.69, 9.17) is 14.2 Å². The molecule has 146 valence electrons. The van der Waals surface area contributed by atoms with Crippen molar-refractivity contribution in [3.05, 3.63) is 53.6 Å². The molecule has 0 aliphatic carbocycles. The van der Waals surface area contributed by atoms with Crippen molar-refractivity contribution in [1.29, 1.82) is 0 Å². The van der Waals surface area contributed by atoms with Crippen LogP contribution < -0.4 is 19.5 Å². The van der Waals surface area contributed by atoms with Crippen LogP contribution in [0, 0.1) is 0 Å². The molecule has 1 unspecified atom stereocenters. The first-order valence-electron chi connectivity index (χ1n) is 9.75. The minimum Gasteiger partial charge on any atom is -0.497 e. The fourth-order valence-corrected chi connectivity index (χ4v) is 3.58. The van der Waals surface area contributed by atoms with Crippen molar-refractivity contribution in [3.63, 3.8) is 0 Å². The molecular weight excluding hydrogens is 340 g/mol. The smallest absolute Gasteiger partial charge is 0.161 e. The Labute approximate surface area is 162 Å². The molecule has 1 atom stereocenters. The summed E-state index contributed by atoms with van der Waals surface area (Å²) in [5, 5.41) is 3.44. The molecule has 1 saturated heterocycles. The molecule has 27 heavy (non-hydrogen) atoms. The van der Waals surface area contributed by atoms with Crippen LogP contribution in [0.4, 0.5) is 0 Å². The van der Waals surface area contributed by atoms with Crippen LogP contribution in [0.3, 0.4) is 0 Å². The molecule has 1 heterocycles. The number of rotatable bonds is 8. The van der Waals surface area contributed by atoms with Gasteiger partial charge in [0.1, 0.15) is 5.75 Å². The highest BCUT2D eigenvalue weighted by Crippen LogP contribution is 2.36. The number of hydrogen-bond acceptors (Lipinski definition) is 5. The maximum Gasteiger partial charge on any atom is 0.161 e. The van der Waals surface area contributed by atoms with Crippen LogP contribution >= 0.6 is 0 Å². The van der Waals surface area contributed by atoms with Gasteiger partial charge in [-0.3, -0.25) is 4.90 Å². The summed E-state index contributed by atoms with van der Waals surface area (Å²) in [4.78, 5) is 2.52. The molecule has 2 aromatic rings. The van der Waals surface area contributed by atoms with Gasteiger partial charge in [-0.25, -0.2) is 0 Å². The predicted molar refractivity (Wildman–Crippen MR) is 108 cm³/mol. The van der Waals surface area contributed by atoms with Crippen molar-refractivity contribution >= 4 is 0 Å². The average molecular weight is 370 g/mol. The van der Waals surface area contributed by atoms with E-state index in [0.717, 1.165) is 43.4 Å². The molecule has 5 heteroatoms. The summed E-state index contributed by atoms with van der Waals surface area (Å²) in [7, 11) is 1.70. The van der Waals surface area contributed by atoms with E-state index < -0.39 is 0 Å². The lowest BCUT2D eigenvalue weighted by atomic mass is 9.96. The van der Waals surface area contributed by atoms with Gasteiger partial charge in [0.15, 0.2) is 11.5 Å². The lowest BCUT2D eigenvalue weighted by Gasteiger charge is -2.36. The third kappa shape index (κ3) is 4.73. The Kier molecular flexibility index (Phi) is 6.96. The highest BCUT2D eigenvalue weighted by Gasteiger charge is 2.25. The standard InChI is InChI=1S/C22H30N2O3/c1-4-26-20-11-8-18(16-21(20)27-5-2)22(24-14-12-23-13-15-24)17-6-9-19(25-3)10-7-17/h6-11,16,22-23H,4-5,12-15H2,1-3H3. The fraction of sp³-hybridized carbons (Fsp3) is 0.455. The van der Waals surface area contributed by atoms with Crippen molar-refractivity contribution < 1.29 is 14.2 Å². The summed E-state index contributed by atoms with van der Waals surface area (Å²) in [5.74, 6) is 2.49. The van der Waals surface area contributed by atoms with Crippen molar-refractivity contribution in [2.45, 2.75) is 19.9 Å². The van der Waals surface area contributed by atoms with Crippen LogP contribution in [0.25, 0.3) is 0 Å². The van der Waals surface area contributed by atoms with E-state index >= 15 is 0 Å². The van der Waals surface area contributed by atoms with Gasteiger partial charge in [-0.1, -0.05) is 18.2 Å². The van der Waals surface area contributed by atoms with Crippen LogP contribution in [0.5, 0.6) is 17.2 Å². The van der Waals surface area contributed by atoms with Gasteiger partial charge >= 0.3 is 0 Å². The van der Waals surface area contributed by atoms with E-state index in [0.29, 0.717) is 13.2 Å². The largest absolute Gasteiger partial charge is 0.497 e. The van der Waals surface area contributed by atoms with Gasteiger partial charge in [0.2, 0.25) is 0 Å². The Morgan fingerprint density at radius 3 is 2.15 bits per heavy atom. The van der Waals surface area contributed by atoms with E-state index in [1.807, 2.05) is 32.0 Å². The Hall–Kier alpha value is -2.24. The molecular formula is C22H30N2O3. The monoisotopic (exact) mass is 370 g/mol. The molecule has 1 aliphatic heterocycles. The van der Waals surface area contributed by atoms with E-state index in [1.165, 1.54) is 11.1 Å². The average Bonchev–Trinajstić information content (AvgIpc) is 2.72. The van der Waals surface area contributed by atoms with Crippen molar-refractivity contribution in [2.24, 2.45) is 0 Å². The van der Waals surface area contributed by atoms with Crippen LogP contribution in [-0.2, 0) is 0 Å². The summed E-state index contributed by atoms with van der Waals surface area (Å²) in [6.45, 7) is 9.25. The maximum absolute atomic E-state index is 5.86. The minimum atomic E-state index is 0.174. The normalized spacial score (nSPS) is 16.0. The van der Waals surface area contributed by atoms with Gasteiger partial charge in [0.05, 0.1) is 26.4 Å². The van der Waals surface area contributed by atoms with Gasteiger partial charge in [-0.05, 0) is 49.2 Å². The second-order valence-electron chi connectivity index (χ2n) is 6.53. The summed E-state index contributed by atoms with van der Waals surface area (Å²) in [6, 6.07) is 14.9. The number of methoxy groups -OCH3 is 1. The molecule has 0 aromatic heterocycles. The quantitative estimate of drug-likeness (QED) is 0.771. The highest BCUT2D eigenvalue weighted by molar-refractivity contribution is 5.46. The lowest BCUT2D eigenvalue weighted by molar-refractivity contribution is 0.197. The zero-order valence-corrected chi connectivity index (χ0v) is 16.5. The maximum atomic E-state index is 5.86. The minimum absolute atomic E-state index is 0.174. The number of benzene rings is 2. The summed E-state index contributed by atoms with van der Waals surface area (Å²) in [5.41, 5.74) is 2.47. The van der Waals surface area contributed by atoms with Gasteiger partial charge in [0, 0.05) is 26.2 Å². The van der Waals surface area contributed by atoms with Crippen LogP contribution in [0.1, 0.15) is 31.0 Å². The molecule has 5 nitrogen and oxygen atoms in total. The van der Waals surface area contributed by atoms with Crippen molar-refractivity contribution in [3.8, 4) is 17.2 Å². The Morgan fingerprint density at radius 1 is 0.889 bits per heavy atom. The van der Waals surface area contributed by atoms with E-state index in [1.54, 1.807) is 7.11 Å². The van der Waals surface area contributed by atoms with Crippen LogP contribution in [-0.4, -0.2) is 51.4 Å². The molecule has 1 fully saturated rings. The molecule has 0 amide bonds. The third-order valence-electron chi connectivity index (χ3n) is 4.83. The zero-order chi connectivity index (χ0) is 19.1. The number of hydrogen-bond donors (Lipinski definition) is 1. The predicted octanol–water partition coefficient (Wildman–Crippen LogP) is 3.49. The SMILES string of the molecule is CCOc1ccc(C(c2ccc(OC)cc2)N2CCNCC2)cc1OCC. The first-order chi connectivity index (χ1) is 13.3. The van der Waals surface area contributed by atoms with Crippen molar-refractivity contribution in [2.75, 3.05) is 46.5 Å². The van der Waals surface area contributed by atoms with E-state index in [-0.39, 0.29) is 6.04 Å². The van der Waals surface area contributed by atoms with Gasteiger partial charge in [0.25, 0.3) is 0 Å². The van der Waals surface area contributed by atoms with Crippen molar-refractivity contribution in [1.82, 2.24) is 10.2 Å². The summed E-state index contributed by atoms with van der Waals surface area (Å²) >= 11 is 0. The number of nitrogens with zero attached hydrogens (tertiary/aromatic N) is 1. The first kappa shape index (κ1) is 19.5. The molecule has 1 N–H and O–H groups in total. The number of ether oxygens (including phenoxy) is 3. The Bertz CT molecular complexity index is 712. The first-order valence-corrected chi connectivity index (χ1v) is 9.75. The lowest BCUT2D eigenvalue weighted by Crippen LogP contribution is -2.45. The zero-order valence-electron chi connectivity index (χ0n) is 16.5.